The van der Waals surface area contributed by atoms with Gasteiger partial charge in [-0.05, 0) is 6.92 Å². The second-order valence-corrected chi connectivity index (χ2v) is 3.61. The fourth-order valence-corrected chi connectivity index (χ4v) is 1.89. The molecule has 0 bridgehead atoms. The molecule has 0 aromatic rings. The topological polar surface area (TPSA) is 79.2 Å². The highest BCUT2D eigenvalue weighted by atomic mass is 16.6. The van der Waals surface area contributed by atoms with Crippen molar-refractivity contribution in [3.63, 3.8) is 0 Å². The molecule has 0 spiro atoms. The van der Waals surface area contributed by atoms with E-state index in [1.807, 2.05) is 6.92 Å². The third kappa shape index (κ3) is 1.28. The molecule has 0 saturated carbocycles. The van der Waals surface area contributed by atoms with Crippen molar-refractivity contribution in [3.8, 4) is 0 Å². The second-order valence-electron chi connectivity index (χ2n) is 3.61. The summed E-state index contributed by atoms with van der Waals surface area (Å²) < 4.78 is 10.5. The van der Waals surface area contributed by atoms with E-state index in [0.29, 0.717) is 0 Å². The van der Waals surface area contributed by atoms with Gasteiger partial charge in [0.15, 0.2) is 0 Å². The van der Waals surface area contributed by atoms with Gasteiger partial charge in [-0.15, -0.1) is 0 Å². The van der Waals surface area contributed by atoms with Crippen LogP contribution in [0.4, 0.5) is 0 Å². The summed E-state index contributed by atoms with van der Waals surface area (Å²) in [6.07, 6.45) is -3.40. The average Bonchev–Trinajstić information content (AvgIpc) is 2.12. The van der Waals surface area contributed by atoms with Crippen LogP contribution in [0, 0.1) is 0 Å². The fourth-order valence-electron chi connectivity index (χ4n) is 1.89. The summed E-state index contributed by atoms with van der Waals surface area (Å²) in [6.45, 7) is 1.55. The smallest absolute Gasteiger partial charge is 0.115 e. The van der Waals surface area contributed by atoms with Gasteiger partial charge < -0.3 is 24.8 Å². The van der Waals surface area contributed by atoms with Crippen LogP contribution in [0.5, 0.6) is 0 Å². The van der Waals surface area contributed by atoms with Gasteiger partial charge in [-0.1, -0.05) is 0 Å². The Balaban J connectivity index is 2.06. The van der Waals surface area contributed by atoms with Crippen molar-refractivity contribution in [1.82, 2.24) is 0 Å². The molecule has 5 nitrogen and oxygen atoms in total. The normalized spacial score (nSPS) is 55.4. The van der Waals surface area contributed by atoms with Crippen molar-refractivity contribution >= 4 is 0 Å². The first-order chi connectivity index (χ1) is 6.15. The van der Waals surface area contributed by atoms with Crippen LogP contribution in [-0.2, 0) is 9.47 Å². The lowest BCUT2D eigenvalue weighted by Crippen LogP contribution is -2.69. The van der Waals surface area contributed by atoms with Gasteiger partial charge in [0.1, 0.15) is 30.5 Å². The van der Waals surface area contributed by atoms with Crippen LogP contribution >= 0.6 is 0 Å². The zero-order chi connectivity index (χ0) is 9.59. The van der Waals surface area contributed by atoms with Gasteiger partial charge in [-0.25, -0.2) is 0 Å². The summed E-state index contributed by atoms with van der Waals surface area (Å²) in [5.74, 6) is 0. The van der Waals surface area contributed by atoms with Gasteiger partial charge in [0.05, 0.1) is 12.7 Å². The predicted molar refractivity (Wildman–Crippen MR) is 42.1 cm³/mol. The lowest BCUT2D eigenvalue weighted by molar-refractivity contribution is -0.332. The van der Waals surface area contributed by atoms with Gasteiger partial charge in [-0.2, -0.15) is 0 Å². The van der Waals surface area contributed by atoms with Crippen LogP contribution in [0.25, 0.3) is 0 Å². The molecule has 0 aromatic carbocycles. The highest BCUT2D eigenvalue weighted by Crippen LogP contribution is 2.34. The number of aliphatic hydroxyl groups excluding tert-OH is 3. The molecule has 2 fully saturated rings. The van der Waals surface area contributed by atoms with E-state index in [1.54, 1.807) is 0 Å². The van der Waals surface area contributed by atoms with Crippen LogP contribution in [-0.4, -0.2) is 58.6 Å². The molecule has 13 heavy (non-hydrogen) atoms. The Kier molecular flexibility index (Phi) is 2.29. The lowest BCUT2D eigenvalue weighted by Gasteiger charge is -2.51. The van der Waals surface area contributed by atoms with E-state index in [1.165, 1.54) is 0 Å². The van der Waals surface area contributed by atoms with E-state index in [0.717, 1.165) is 0 Å². The maximum atomic E-state index is 9.52. The molecule has 2 rings (SSSR count). The Bertz CT molecular complexity index is 187. The first-order valence-corrected chi connectivity index (χ1v) is 4.43. The molecule has 0 aromatic heterocycles. The Morgan fingerprint density at radius 3 is 2.31 bits per heavy atom. The molecule has 0 radical (unpaired) electrons. The maximum absolute atomic E-state index is 9.52. The Hall–Kier alpha value is -0.200. The van der Waals surface area contributed by atoms with Crippen molar-refractivity contribution < 1.29 is 24.8 Å². The molecular weight excluding hydrogens is 176 g/mol. The molecule has 6 atom stereocenters. The van der Waals surface area contributed by atoms with Gasteiger partial charge in [0.2, 0.25) is 0 Å². The number of fused-ring (bicyclic) bond motifs is 1. The van der Waals surface area contributed by atoms with E-state index in [9.17, 15) is 10.2 Å². The monoisotopic (exact) mass is 190 g/mol. The highest BCUT2D eigenvalue weighted by Gasteiger charge is 2.53. The van der Waals surface area contributed by atoms with Crippen LogP contribution in [0.1, 0.15) is 6.92 Å². The number of aliphatic hydroxyl groups is 3. The largest absolute Gasteiger partial charge is 0.394 e. The Labute approximate surface area is 75.9 Å². The first-order valence-electron chi connectivity index (χ1n) is 4.43. The molecule has 2 aliphatic heterocycles. The van der Waals surface area contributed by atoms with Crippen LogP contribution in [0.2, 0.25) is 0 Å². The van der Waals surface area contributed by atoms with Crippen LogP contribution < -0.4 is 0 Å². The minimum Gasteiger partial charge on any atom is -0.394 e. The van der Waals surface area contributed by atoms with Crippen LogP contribution in [0.3, 0.4) is 0 Å². The molecule has 2 aliphatic rings. The average molecular weight is 190 g/mol. The first kappa shape index (κ1) is 9.36. The minimum atomic E-state index is -1.06. The summed E-state index contributed by atoms with van der Waals surface area (Å²) in [7, 11) is 0. The maximum Gasteiger partial charge on any atom is 0.115 e. The molecule has 0 aliphatic carbocycles. The molecule has 5 heteroatoms. The molecule has 0 amide bonds. The van der Waals surface area contributed by atoms with E-state index in [2.05, 4.69) is 0 Å². The zero-order valence-corrected chi connectivity index (χ0v) is 7.33. The predicted octanol–water partition coefficient (Wildman–Crippen LogP) is -1.74. The van der Waals surface area contributed by atoms with Crippen molar-refractivity contribution in [2.45, 2.75) is 43.5 Å². The summed E-state index contributed by atoms with van der Waals surface area (Å²) in [6, 6.07) is 0. The van der Waals surface area contributed by atoms with Crippen molar-refractivity contribution in [1.29, 1.82) is 0 Å². The fraction of sp³-hybridized carbons (Fsp3) is 1.00. The van der Waals surface area contributed by atoms with Crippen LogP contribution in [0.15, 0.2) is 0 Å². The molecule has 4 unspecified atom stereocenters. The quantitative estimate of drug-likeness (QED) is 0.457. The third-order valence-corrected chi connectivity index (χ3v) is 2.74. The van der Waals surface area contributed by atoms with E-state index in [4.69, 9.17) is 14.6 Å². The molecule has 2 heterocycles. The lowest BCUT2D eigenvalue weighted by atomic mass is 9.88. The Morgan fingerprint density at radius 1 is 1.08 bits per heavy atom. The zero-order valence-electron chi connectivity index (χ0n) is 7.33. The van der Waals surface area contributed by atoms with Crippen molar-refractivity contribution in [3.05, 3.63) is 0 Å². The van der Waals surface area contributed by atoms with Gasteiger partial charge in [0.25, 0.3) is 0 Å². The molecule has 3 N–H and O–H groups in total. The number of ether oxygens (including phenoxy) is 2. The Morgan fingerprint density at radius 2 is 1.77 bits per heavy atom. The van der Waals surface area contributed by atoms with Gasteiger partial charge >= 0.3 is 0 Å². The summed E-state index contributed by atoms with van der Waals surface area (Å²) in [4.78, 5) is 0. The van der Waals surface area contributed by atoms with Crippen molar-refractivity contribution in [2.75, 3.05) is 6.61 Å². The number of hydrogen-bond acceptors (Lipinski definition) is 5. The third-order valence-electron chi connectivity index (χ3n) is 2.74. The van der Waals surface area contributed by atoms with E-state index >= 15 is 0 Å². The van der Waals surface area contributed by atoms with Crippen molar-refractivity contribution in [2.24, 2.45) is 0 Å². The SMILES string of the molecule is CC1OC2C(O)[C@@H](O)C(CO)O[C@@H]12. The van der Waals surface area contributed by atoms with Gasteiger partial charge in [0, 0.05) is 0 Å². The summed E-state index contributed by atoms with van der Waals surface area (Å²) >= 11 is 0. The number of rotatable bonds is 1. The van der Waals surface area contributed by atoms with E-state index in [-0.39, 0.29) is 18.8 Å². The molecular formula is C8H14O5. The summed E-state index contributed by atoms with van der Waals surface area (Å²) in [5, 5.41) is 27.8. The van der Waals surface area contributed by atoms with E-state index < -0.39 is 24.4 Å². The number of hydrogen-bond donors (Lipinski definition) is 3. The summed E-state index contributed by atoms with van der Waals surface area (Å²) in [5.41, 5.74) is 0. The molecule has 76 valence electrons. The van der Waals surface area contributed by atoms with Gasteiger partial charge in [-0.3, -0.25) is 0 Å². The second kappa shape index (κ2) is 3.18. The molecule has 2 saturated heterocycles. The highest BCUT2D eigenvalue weighted by molar-refractivity contribution is 5.00. The standard InChI is InChI=1S/C8H14O5/c1-3-7-8(12-3)6(11)5(10)4(2-9)13-7/h3-11H,2H2,1H3/t3?,4?,5-,6?,7-,8?/m0/s1. The minimum absolute atomic E-state index is 0.0683.